The molecule has 0 saturated carbocycles. The van der Waals surface area contributed by atoms with E-state index in [0.29, 0.717) is 0 Å². The zero-order chi connectivity index (χ0) is 12.7. The first-order chi connectivity index (χ1) is 7.16. The summed E-state index contributed by atoms with van der Waals surface area (Å²) in [7, 11) is 0. The molecule has 1 unspecified atom stereocenters. The molecule has 1 heterocycles. The number of amides is 1. The van der Waals surface area contributed by atoms with Crippen molar-refractivity contribution in [3.05, 3.63) is 22.0 Å². The van der Waals surface area contributed by atoms with E-state index < -0.39 is 11.0 Å². The van der Waals surface area contributed by atoms with E-state index in [1.807, 2.05) is 20.8 Å². The topological polar surface area (TPSA) is 66.7 Å². The van der Waals surface area contributed by atoms with Crippen LogP contribution in [0, 0.1) is 10.1 Å². The lowest BCUT2D eigenvalue weighted by molar-refractivity contribution is -0.430. The Balaban J connectivity index is 3.14. The molecule has 0 radical (unpaired) electrons. The van der Waals surface area contributed by atoms with Crippen LogP contribution in [0.3, 0.4) is 0 Å². The fourth-order valence-corrected chi connectivity index (χ4v) is 1.75. The van der Waals surface area contributed by atoms with Crippen LogP contribution < -0.4 is 0 Å². The van der Waals surface area contributed by atoms with Crippen molar-refractivity contribution in [3.8, 4) is 0 Å². The van der Waals surface area contributed by atoms with Gasteiger partial charge >= 0.3 is 0 Å². The minimum atomic E-state index is -0.522. The first kappa shape index (κ1) is 12.5. The Hall–Kier alpha value is -1.59. The average Bonchev–Trinajstić information content (AvgIpc) is 2.41. The van der Waals surface area contributed by atoms with Crippen LogP contribution in [0.1, 0.15) is 34.6 Å². The van der Waals surface area contributed by atoms with Crippen molar-refractivity contribution in [3.63, 3.8) is 0 Å². The maximum atomic E-state index is 11.5. The Bertz CT molecular complexity index is 357. The van der Waals surface area contributed by atoms with E-state index in [2.05, 4.69) is 0 Å². The quantitative estimate of drug-likeness (QED) is 0.501. The molecule has 16 heavy (non-hydrogen) atoms. The molecule has 0 saturated heterocycles. The number of carbonyl (C=O) groups excluding carboxylic acids is 1. The molecule has 0 fully saturated rings. The monoisotopic (exact) mass is 227 g/mol. The molecule has 0 aromatic rings. The van der Waals surface area contributed by atoms with Gasteiger partial charge in [0.15, 0.2) is 0 Å². The summed E-state index contributed by atoms with van der Waals surface area (Å²) in [6.45, 7) is 8.76. The normalized spacial score (nSPS) is 21.1. The van der Waals surface area contributed by atoms with Gasteiger partial charge in [0, 0.05) is 6.92 Å². The molecule has 0 bridgehead atoms. The molecule has 90 valence electrons. The molecule has 1 rings (SSSR count). The summed E-state index contributed by atoms with van der Waals surface area (Å²) < 4.78 is 0. The fraction of sp³-hybridized carbons (Fsp3) is 0.700. The number of hydrazine groups is 1. The van der Waals surface area contributed by atoms with Gasteiger partial charge in [-0.25, -0.2) is 5.01 Å². The van der Waals surface area contributed by atoms with Crippen molar-refractivity contribution in [1.82, 2.24) is 10.0 Å². The van der Waals surface area contributed by atoms with E-state index >= 15 is 0 Å². The molecule has 0 aliphatic carbocycles. The predicted octanol–water partition coefficient (Wildman–Crippen LogP) is 1.37. The smallest absolute Gasteiger partial charge is 0.278 e. The van der Waals surface area contributed by atoms with Gasteiger partial charge < -0.3 is 0 Å². The number of nitro groups is 1. The average molecular weight is 227 g/mol. The van der Waals surface area contributed by atoms with Gasteiger partial charge in [-0.1, -0.05) is 0 Å². The molecule has 6 heteroatoms. The van der Waals surface area contributed by atoms with Gasteiger partial charge in [-0.2, -0.15) is 0 Å². The number of hydrogen-bond acceptors (Lipinski definition) is 4. The molecule has 0 aromatic heterocycles. The van der Waals surface area contributed by atoms with Crippen LogP contribution in [-0.2, 0) is 4.79 Å². The predicted molar refractivity (Wildman–Crippen MR) is 58.7 cm³/mol. The molecule has 0 spiro atoms. The van der Waals surface area contributed by atoms with Crippen LogP contribution in [0.2, 0.25) is 0 Å². The van der Waals surface area contributed by atoms with Crippen LogP contribution in [0.25, 0.3) is 0 Å². The van der Waals surface area contributed by atoms with Crippen molar-refractivity contribution < 1.29 is 9.72 Å². The van der Waals surface area contributed by atoms with Crippen molar-refractivity contribution >= 4 is 5.91 Å². The first-order valence-electron chi connectivity index (χ1n) is 5.11. The first-order valence-corrected chi connectivity index (χ1v) is 5.11. The molecule has 1 atom stereocenters. The second-order valence-corrected chi connectivity index (χ2v) is 4.87. The van der Waals surface area contributed by atoms with Gasteiger partial charge in [-0.15, -0.1) is 0 Å². The fourth-order valence-electron chi connectivity index (χ4n) is 1.75. The summed E-state index contributed by atoms with van der Waals surface area (Å²) in [5.41, 5.74) is -0.317. The van der Waals surface area contributed by atoms with E-state index in [-0.39, 0.29) is 17.1 Å². The highest BCUT2D eigenvalue weighted by atomic mass is 16.6. The van der Waals surface area contributed by atoms with Crippen molar-refractivity contribution in [2.75, 3.05) is 0 Å². The molecular weight excluding hydrogens is 210 g/mol. The molecule has 6 nitrogen and oxygen atoms in total. The zero-order valence-corrected chi connectivity index (χ0v) is 10.2. The lowest BCUT2D eigenvalue weighted by Crippen LogP contribution is -2.51. The number of nitrogens with zero attached hydrogens (tertiary/aromatic N) is 3. The molecule has 0 aromatic carbocycles. The summed E-state index contributed by atoms with van der Waals surface area (Å²) in [5.74, 6) is -0.199. The largest absolute Gasteiger partial charge is 0.287 e. The van der Waals surface area contributed by atoms with Crippen LogP contribution in [0.4, 0.5) is 0 Å². The third-order valence-corrected chi connectivity index (χ3v) is 2.50. The minimum absolute atomic E-state index is 0.0464. The number of hydrogen-bond donors (Lipinski definition) is 0. The van der Waals surface area contributed by atoms with Crippen LogP contribution >= 0.6 is 0 Å². The second kappa shape index (κ2) is 3.77. The third kappa shape index (κ3) is 2.00. The highest BCUT2D eigenvalue weighted by Gasteiger charge is 2.42. The van der Waals surface area contributed by atoms with Gasteiger partial charge in [0.25, 0.3) is 5.70 Å². The maximum Gasteiger partial charge on any atom is 0.287 e. The van der Waals surface area contributed by atoms with E-state index in [4.69, 9.17) is 0 Å². The van der Waals surface area contributed by atoms with E-state index in [9.17, 15) is 14.9 Å². The maximum absolute atomic E-state index is 11.5. The van der Waals surface area contributed by atoms with Gasteiger partial charge in [-0.3, -0.25) is 19.9 Å². The lowest BCUT2D eigenvalue weighted by Gasteiger charge is -2.39. The summed E-state index contributed by atoms with van der Waals surface area (Å²) in [6.07, 6.45) is 1.44. The van der Waals surface area contributed by atoms with Crippen molar-refractivity contribution in [1.29, 1.82) is 0 Å². The highest BCUT2D eigenvalue weighted by Crippen LogP contribution is 2.29. The summed E-state index contributed by atoms with van der Waals surface area (Å²) >= 11 is 0. The molecule has 1 amide bonds. The van der Waals surface area contributed by atoms with Crippen LogP contribution in [0.5, 0.6) is 0 Å². The Labute approximate surface area is 94.6 Å². The summed E-state index contributed by atoms with van der Waals surface area (Å²) in [5, 5.41) is 13.9. The summed E-state index contributed by atoms with van der Waals surface area (Å²) in [4.78, 5) is 21.9. The lowest BCUT2D eigenvalue weighted by atomic mass is 10.1. The van der Waals surface area contributed by atoms with Crippen molar-refractivity contribution in [2.45, 2.75) is 46.2 Å². The number of rotatable bonds is 1. The Morgan fingerprint density at radius 2 is 2.00 bits per heavy atom. The minimum Gasteiger partial charge on any atom is -0.278 e. The Kier molecular flexibility index (Phi) is 2.94. The molecule has 1 aliphatic heterocycles. The van der Waals surface area contributed by atoms with Crippen LogP contribution in [0.15, 0.2) is 11.9 Å². The molecule has 1 aliphatic rings. The van der Waals surface area contributed by atoms with E-state index in [1.165, 1.54) is 18.1 Å². The van der Waals surface area contributed by atoms with Gasteiger partial charge in [-0.05, 0) is 27.7 Å². The summed E-state index contributed by atoms with van der Waals surface area (Å²) in [6, 6.07) is -0.522. The number of carbonyl (C=O) groups is 1. The van der Waals surface area contributed by atoms with Crippen LogP contribution in [-0.4, -0.2) is 32.4 Å². The SMILES string of the molecule is CC(=O)N1C(C)C([N+](=O)[O-])=CN1C(C)(C)C. The zero-order valence-electron chi connectivity index (χ0n) is 10.2. The Morgan fingerprint density at radius 1 is 1.50 bits per heavy atom. The van der Waals surface area contributed by atoms with Gasteiger partial charge in [0.1, 0.15) is 6.04 Å². The standard InChI is InChI=1S/C10H17N3O3/c1-7-9(13(15)16)6-11(10(3,4)5)12(7)8(2)14/h6-7H,1-5H3. The van der Waals surface area contributed by atoms with E-state index in [0.717, 1.165) is 0 Å². The van der Waals surface area contributed by atoms with Gasteiger partial charge in [0.2, 0.25) is 5.91 Å². The molecular formula is C10H17N3O3. The highest BCUT2D eigenvalue weighted by molar-refractivity contribution is 5.74. The third-order valence-electron chi connectivity index (χ3n) is 2.50. The molecule has 0 N–H and O–H groups in total. The Morgan fingerprint density at radius 3 is 2.25 bits per heavy atom. The van der Waals surface area contributed by atoms with E-state index in [1.54, 1.807) is 11.9 Å². The van der Waals surface area contributed by atoms with Gasteiger partial charge in [0.05, 0.1) is 16.7 Å². The van der Waals surface area contributed by atoms with Crippen molar-refractivity contribution in [2.24, 2.45) is 0 Å². The second-order valence-electron chi connectivity index (χ2n) is 4.87.